The second-order valence-electron chi connectivity index (χ2n) is 7.53. The van der Waals surface area contributed by atoms with Crippen LogP contribution in [0.4, 0.5) is 9.59 Å². The molecule has 2 N–H and O–H groups in total. The minimum absolute atomic E-state index is 0.292. The topological polar surface area (TPSA) is 96.3 Å². The van der Waals surface area contributed by atoms with Crippen molar-refractivity contribution in [1.29, 1.82) is 0 Å². The summed E-state index contributed by atoms with van der Waals surface area (Å²) in [5.41, 5.74) is -1.58. The van der Waals surface area contributed by atoms with Gasteiger partial charge in [0.1, 0.15) is 17.3 Å². The third-order valence-electron chi connectivity index (χ3n) is 3.06. The fourth-order valence-electron chi connectivity index (χ4n) is 2.19. The van der Waals surface area contributed by atoms with E-state index in [2.05, 4.69) is 0 Å². The lowest BCUT2D eigenvalue weighted by atomic mass is 10.1. The molecule has 3 atom stereocenters. The Kier molecular flexibility index (Phi) is 5.46. The molecule has 0 aromatic carbocycles. The van der Waals surface area contributed by atoms with Crippen LogP contribution in [0.2, 0.25) is 0 Å². The number of imide groups is 1. The summed E-state index contributed by atoms with van der Waals surface area (Å²) >= 11 is 0. The number of aliphatic hydroxyl groups is 2. The van der Waals surface area contributed by atoms with Crippen molar-refractivity contribution in [2.45, 2.75) is 83.8 Å². The Labute approximate surface area is 131 Å². The highest BCUT2D eigenvalue weighted by molar-refractivity contribution is 5.88. The number of carbonyl (C=O) groups excluding carboxylic acids is 2. The highest BCUT2D eigenvalue weighted by Gasteiger charge is 2.45. The second kappa shape index (κ2) is 6.42. The van der Waals surface area contributed by atoms with E-state index in [0.29, 0.717) is 12.8 Å². The smallest absolute Gasteiger partial charge is 0.420 e. The number of ether oxygens (including phenoxy) is 2. The molecule has 1 rings (SSSR count). The maximum atomic E-state index is 12.3. The van der Waals surface area contributed by atoms with Crippen LogP contribution in [0.15, 0.2) is 0 Å². The molecule has 0 bridgehead atoms. The quantitative estimate of drug-likeness (QED) is 0.768. The van der Waals surface area contributed by atoms with Crippen molar-refractivity contribution in [3.63, 3.8) is 0 Å². The van der Waals surface area contributed by atoms with Gasteiger partial charge < -0.3 is 19.7 Å². The number of nitrogens with zero attached hydrogens (tertiary/aromatic N) is 1. The summed E-state index contributed by atoms with van der Waals surface area (Å²) in [6.07, 6.45) is -3.37. The van der Waals surface area contributed by atoms with Crippen LogP contribution in [0.3, 0.4) is 0 Å². The lowest BCUT2D eigenvalue weighted by Gasteiger charge is -2.33. The summed E-state index contributed by atoms with van der Waals surface area (Å²) < 4.78 is 10.4. The van der Waals surface area contributed by atoms with Crippen LogP contribution in [-0.2, 0) is 9.47 Å². The molecule has 0 aliphatic heterocycles. The van der Waals surface area contributed by atoms with Crippen LogP contribution in [0, 0.1) is 0 Å². The molecule has 0 spiro atoms. The van der Waals surface area contributed by atoms with E-state index < -0.39 is 41.6 Å². The molecule has 0 aromatic rings. The van der Waals surface area contributed by atoms with Gasteiger partial charge in [0, 0.05) is 0 Å². The Bertz CT molecular complexity index is 395. The van der Waals surface area contributed by atoms with Crippen molar-refractivity contribution < 1.29 is 29.3 Å². The van der Waals surface area contributed by atoms with Gasteiger partial charge in [0.05, 0.1) is 12.1 Å². The summed E-state index contributed by atoms with van der Waals surface area (Å²) in [4.78, 5) is 25.4. The van der Waals surface area contributed by atoms with Gasteiger partial charge >= 0.3 is 12.2 Å². The zero-order chi connectivity index (χ0) is 17.3. The Hall–Kier alpha value is -1.34. The van der Waals surface area contributed by atoms with Crippen LogP contribution in [-0.4, -0.2) is 56.8 Å². The Morgan fingerprint density at radius 3 is 1.59 bits per heavy atom. The lowest BCUT2D eigenvalue weighted by molar-refractivity contribution is -0.0328. The van der Waals surface area contributed by atoms with Crippen LogP contribution in [0.5, 0.6) is 0 Å². The van der Waals surface area contributed by atoms with Gasteiger partial charge in [-0.1, -0.05) is 0 Å². The number of amides is 2. The first-order valence-electron chi connectivity index (χ1n) is 7.43. The number of rotatable bonds is 1. The van der Waals surface area contributed by atoms with Gasteiger partial charge in [-0.05, 0) is 54.4 Å². The first kappa shape index (κ1) is 18.7. The molecule has 7 heteroatoms. The predicted octanol–water partition coefficient (Wildman–Crippen LogP) is 2.04. The maximum Gasteiger partial charge on any atom is 0.420 e. The van der Waals surface area contributed by atoms with Gasteiger partial charge in [0.2, 0.25) is 0 Å². The summed E-state index contributed by atoms with van der Waals surface area (Å²) in [7, 11) is 0. The average Bonchev–Trinajstić information content (AvgIpc) is 2.56. The van der Waals surface area contributed by atoms with Crippen molar-refractivity contribution in [2.24, 2.45) is 0 Å². The van der Waals surface area contributed by atoms with E-state index in [1.54, 1.807) is 41.5 Å². The molecule has 128 valence electrons. The van der Waals surface area contributed by atoms with Crippen molar-refractivity contribution in [3.05, 3.63) is 0 Å². The SMILES string of the molecule is CC(C)(C)OC(=O)N(C(=O)OC(C)(C)C)[C@H]1CC[C@H](O)[C@@H]1O. The molecular weight excluding hydrogens is 290 g/mol. The minimum Gasteiger partial charge on any atom is -0.443 e. The van der Waals surface area contributed by atoms with E-state index in [1.165, 1.54) is 0 Å². The fraction of sp³-hybridized carbons (Fsp3) is 0.867. The number of hydrogen-bond acceptors (Lipinski definition) is 6. The molecule has 1 saturated carbocycles. The summed E-state index contributed by atoms with van der Waals surface area (Å²) in [6, 6.07) is -0.861. The van der Waals surface area contributed by atoms with Crippen molar-refractivity contribution >= 4 is 12.2 Å². The molecule has 0 radical (unpaired) electrons. The Morgan fingerprint density at radius 2 is 1.32 bits per heavy atom. The minimum atomic E-state index is -1.21. The largest absolute Gasteiger partial charge is 0.443 e. The van der Waals surface area contributed by atoms with Crippen molar-refractivity contribution in [3.8, 4) is 0 Å². The van der Waals surface area contributed by atoms with Crippen molar-refractivity contribution in [1.82, 2.24) is 4.90 Å². The molecule has 0 saturated heterocycles. The van der Waals surface area contributed by atoms with Crippen molar-refractivity contribution in [2.75, 3.05) is 0 Å². The third kappa shape index (κ3) is 5.14. The molecule has 0 heterocycles. The van der Waals surface area contributed by atoms with Crippen LogP contribution in [0.25, 0.3) is 0 Å². The van der Waals surface area contributed by atoms with E-state index >= 15 is 0 Å². The van der Waals surface area contributed by atoms with E-state index in [0.717, 1.165) is 4.90 Å². The van der Waals surface area contributed by atoms with Crippen LogP contribution in [0.1, 0.15) is 54.4 Å². The second-order valence-corrected chi connectivity index (χ2v) is 7.53. The monoisotopic (exact) mass is 317 g/mol. The molecule has 0 unspecified atom stereocenters. The molecule has 2 amide bonds. The average molecular weight is 317 g/mol. The van der Waals surface area contributed by atoms with Gasteiger partial charge in [-0.3, -0.25) is 0 Å². The molecular formula is C15H27NO6. The molecule has 1 aliphatic carbocycles. The third-order valence-corrected chi connectivity index (χ3v) is 3.06. The first-order valence-corrected chi connectivity index (χ1v) is 7.43. The zero-order valence-electron chi connectivity index (χ0n) is 14.1. The number of hydrogen-bond donors (Lipinski definition) is 2. The molecule has 7 nitrogen and oxygen atoms in total. The summed E-state index contributed by atoms with van der Waals surface area (Å²) in [5.74, 6) is 0. The Morgan fingerprint density at radius 1 is 0.909 bits per heavy atom. The number of carbonyl (C=O) groups is 2. The van der Waals surface area contributed by atoms with Crippen LogP contribution < -0.4 is 0 Å². The van der Waals surface area contributed by atoms with Gasteiger partial charge in [-0.25, -0.2) is 14.5 Å². The zero-order valence-corrected chi connectivity index (χ0v) is 14.1. The predicted molar refractivity (Wildman–Crippen MR) is 79.3 cm³/mol. The summed E-state index contributed by atoms with van der Waals surface area (Å²) in [6.45, 7) is 10.1. The van der Waals surface area contributed by atoms with Crippen LogP contribution >= 0.6 is 0 Å². The molecule has 1 aliphatic rings. The normalized spacial score (nSPS) is 25.7. The summed E-state index contributed by atoms with van der Waals surface area (Å²) in [5, 5.41) is 19.7. The Balaban J connectivity index is 3.00. The van der Waals surface area contributed by atoms with E-state index in [1.807, 2.05) is 0 Å². The maximum absolute atomic E-state index is 12.3. The molecule has 22 heavy (non-hydrogen) atoms. The highest BCUT2D eigenvalue weighted by atomic mass is 16.6. The standard InChI is InChI=1S/C15H27NO6/c1-14(2,3)21-12(19)16(13(20)22-15(4,5)6)9-7-8-10(17)11(9)18/h9-11,17-18H,7-8H2,1-6H3/t9-,10-,11+/m0/s1. The van der Waals surface area contributed by atoms with Gasteiger partial charge in [-0.2, -0.15) is 0 Å². The molecule has 0 aromatic heterocycles. The highest BCUT2D eigenvalue weighted by Crippen LogP contribution is 2.28. The lowest BCUT2D eigenvalue weighted by Crippen LogP contribution is -2.52. The van der Waals surface area contributed by atoms with Gasteiger partial charge in [0.25, 0.3) is 0 Å². The van der Waals surface area contributed by atoms with Gasteiger partial charge in [0.15, 0.2) is 0 Å². The van der Waals surface area contributed by atoms with E-state index in [9.17, 15) is 19.8 Å². The van der Waals surface area contributed by atoms with E-state index in [-0.39, 0.29) is 0 Å². The first-order chi connectivity index (χ1) is 9.82. The molecule has 1 fully saturated rings. The number of aliphatic hydroxyl groups excluding tert-OH is 2. The fourth-order valence-corrected chi connectivity index (χ4v) is 2.19. The van der Waals surface area contributed by atoms with Gasteiger partial charge in [-0.15, -0.1) is 0 Å². The van der Waals surface area contributed by atoms with E-state index in [4.69, 9.17) is 9.47 Å².